The standard InChI is InChI=1S/C23H32N2O4S/c26-21(24-15-22(8-13-30-16-22)25-9-11-27-12-10-25)23(6-2-1-3-7-23)18-4-5-19-20(14-18)29-17-28-19/h4-5,14H,1-3,6-13,15-17H2,(H,24,26). The number of hydrogen-bond acceptors (Lipinski definition) is 6. The number of ether oxygens (including phenoxy) is 3. The summed E-state index contributed by atoms with van der Waals surface area (Å²) in [6.07, 6.45) is 6.32. The van der Waals surface area contributed by atoms with Crippen LogP contribution in [0.4, 0.5) is 0 Å². The van der Waals surface area contributed by atoms with E-state index in [9.17, 15) is 4.79 Å². The van der Waals surface area contributed by atoms with Crippen molar-refractivity contribution in [3.63, 3.8) is 0 Å². The molecule has 1 aromatic rings. The predicted molar refractivity (Wildman–Crippen MR) is 117 cm³/mol. The van der Waals surface area contributed by atoms with Crippen molar-refractivity contribution in [3.8, 4) is 11.5 Å². The van der Waals surface area contributed by atoms with Gasteiger partial charge in [-0.15, -0.1) is 0 Å². The van der Waals surface area contributed by atoms with E-state index in [2.05, 4.69) is 16.3 Å². The van der Waals surface area contributed by atoms with Crippen LogP contribution in [0.15, 0.2) is 18.2 Å². The zero-order chi connectivity index (χ0) is 20.4. The normalized spacial score (nSPS) is 28.4. The van der Waals surface area contributed by atoms with Crippen molar-refractivity contribution in [2.75, 3.05) is 51.1 Å². The van der Waals surface area contributed by atoms with E-state index in [1.807, 2.05) is 23.9 Å². The number of benzene rings is 1. The number of carbonyl (C=O) groups is 1. The topological polar surface area (TPSA) is 60.0 Å². The molecule has 1 unspecified atom stereocenters. The second-order valence-corrected chi connectivity index (χ2v) is 10.1. The van der Waals surface area contributed by atoms with Crippen LogP contribution in [-0.4, -0.2) is 67.5 Å². The summed E-state index contributed by atoms with van der Waals surface area (Å²) in [5.41, 5.74) is 0.677. The van der Waals surface area contributed by atoms with Gasteiger partial charge in [-0.1, -0.05) is 25.3 Å². The Balaban J connectivity index is 1.36. The maximum absolute atomic E-state index is 13.8. The van der Waals surface area contributed by atoms with Crippen molar-refractivity contribution in [3.05, 3.63) is 23.8 Å². The van der Waals surface area contributed by atoms with Crippen molar-refractivity contribution >= 4 is 17.7 Å². The van der Waals surface area contributed by atoms with Crippen molar-refractivity contribution in [1.29, 1.82) is 0 Å². The first kappa shape index (κ1) is 20.5. The van der Waals surface area contributed by atoms with Gasteiger partial charge in [0.2, 0.25) is 12.7 Å². The van der Waals surface area contributed by atoms with Crippen LogP contribution in [0.3, 0.4) is 0 Å². The molecule has 3 aliphatic heterocycles. The third kappa shape index (κ3) is 3.69. The van der Waals surface area contributed by atoms with Crippen LogP contribution in [0.5, 0.6) is 11.5 Å². The van der Waals surface area contributed by atoms with Crippen LogP contribution >= 0.6 is 11.8 Å². The first-order valence-electron chi connectivity index (χ1n) is 11.3. The van der Waals surface area contributed by atoms with Gasteiger partial charge in [-0.25, -0.2) is 0 Å². The van der Waals surface area contributed by atoms with E-state index >= 15 is 0 Å². The fraction of sp³-hybridized carbons (Fsp3) is 0.696. The molecule has 0 bridgehead atoms. The van der Waals surface area contributed by atoms with Crippen LogP contribution in [0.1, 0.15) is 44.1 Å². The molecule has 1 saturated carbocycles. The molecule has 1 aromatic carbocycles. The van der Waals surface area contributed by atoms with E-state index in [1.165, 1.54) is 12.2 Å². The van der Waals surface area contributed by atoms with Gasteiger partial charge in [0.05, 0.1) is 18.6 Å². The van der Waals surface area contributed by atoms with Crippen molar-refractivity contribution in [1.82, 2.24) is 10.2 Å². The molecule has 0 aromatic heterocycles. The minimum atomic E-state index is -0.461. The lowest BCUT2D eigenvalue weighted by atomic mass is 9.68. The van der Waals surface area contributed by atoms with Gasteiger partial charge in [-0.3, -0.25) is 9.69 Å². The van der Waals surface area contributed by atoms with Crippen LogP contribution in [0, 0.1) is 0 Å². The lowest BCUT2D eigenvalue weighted by molar-refractivity contribution is -0.129. The third-order valence-electron chi connectivity index (χ3n) is 7.41. The van der Waals surface area contributed by atoms with Crippen molar-refractivity contribution in [2.24, 2.45) is 0 Å². The molecule has 164 valence electrons. The summed E-state index contributed by atoms with van der Waals surface area (Å²) in [6, 6.07) is 6.07. The third-order valence-corrected chi connectivity index (χ3v) is 8.64. The van der Waals surface area contributed by atoms with Gasteiger partial charge in [0.25, 0.3) is 0 Å². The van der Waals surface area contributed by atoms with E-state index in [0.29, 0.717) is 0 Å². The first-order chi connectivity index (χ1) is 14.7. The molecule has 1 amide bonds. The molecule has 2 saturated heterocycles. The molecule has 0 spiro atoms. The highest BCUT2D eigenvalue weighted by atomic mass is 32.2. The highest BCUT2D eigenvalue weighted by molar-refractivity contribution is 7.99. The average molecular weight is 433 g/mol. The number of morpholine rings is 1. The van der Waals surface area contributed by atoms with Crippen LogP contribution in [-0.2, 0) is 14.9 Å². The fourth-order valence-corrected chi connectivity index (χ4v) is 7.02. The van der Waals surface area contributed by atoms with Crippen molar-refractivity contribution in [2.45, 2.75) is 49.5 Å². The number of hydrogen-bond donors (Lipinski definition) is 1. The zero-order valence-electron chi connectivity index (χ0n) is 17.6. The molecule has 3 heterocycles. The molecule has 6 nitrogen and oxygen atoms in total. The van der Waals surface area contributed by atoms with Gasteiger partial charge < -0.3 is 19.5 Å². The number of amides is 1. The lowest BCUT2D eigenvalue weighted by Crippen LogP contribution is -2.60. The first-order valence-corrected chi connectivity index (χ1v) is 12.5. The Morgan fingerprint density at radius 2 is 1.87 bits per heavy atom. The smallest absolute Gasteiger partial charge is 0.231 e. The highest BCUT2D eigenvalue weighted by Gasteiger charge is 2.45. The lowest BCUT2D eigenvalue weighted by Gasteiger charge is -2.44. The zero-order valence-corrected chi connectivity index (χ0v) is 18.4. The summed E-state index contributed by atoms with van der Waals surface area (Å²) in [6.45, 7) is 4.50. The number of fused-ring (bicyclic) bond motifs is 1. The summed E-state index contributed by atoms with van der Waals surface area (Å²) in [4.78, 5) is 16.3. The van der Waals surface area contributed by atoms with E-state index < -0.39 is 5.41 Å². The molecule has 1 atom stereocenters. The number of thioether (sulfide) groups is 1. The Kier molecular flexibility index (Phi) is 5.86. The largest absolute Gasteiger partial charge is 0.454 e. The molecular weight excluding hydrogens is 400 g/mol. The molecule has 7 heteroatoms. The number of nitrogens with one attached hydrogen (secondary N) is 1. The molecule has 4 aliphatic rings. The fourth-order valence-electron chi connectivity index (χ4n) is 5.55. The Labute approximate surface area is 183 Å². The molecule has 5 rings (SSSR count). The van der Waals surface area contributed by atoms with E-state index in [0.717, 1.165) is 87.8 Å². The Morgan fingerprint density at radius 3 is 2.63 bits per heavy atom. The summed E-state index contributed by atoms with van der Waals surface area (Å²) in [7, 11) is 0. The molecule has 1 aliphatic carbocycles. The molecule has 3 fully saturated rings. The summed E-state index contributed by atoms with van der Waals surface area (Å²) >= 11 is 2.01. The average Bonchev–Trinajstić information content (AvgIpc) is 3.48. The Bertz CT molecular complexity index is 768. The maximum Gasteiger partial charge on any atom is 0.231 e. The van der Waals surface area contributed by atoms with Gasteiger partial charge in [0.15, 0.2) is 11.5 Å². The van der Waals surface area contributed by atoms with Gasteiger partial charge in [-0.05, 0) is 42.7 Å². The molecular formula is C23H32N2O4S. The summed E-state index contributed by atoms with van der Waals surface area (Å²) in [5, 5.41) is 3.43. The van der Waals surface area contributed by atoms with Gasteiger partial charge in [0.1, 0.15) is 0 Å². The van der Waals surface area contributed by atoms with Crippen molar-refractivity contribution < 1.29 is 19.0 Å². The van der Waals surface area contributed by atoms with E-state index in [4.69, 9.17) is 14.2 Å². The van der Waals surface area contributed by atoms with E-state index in [1.54, 1.807) is 0 Å². The monoisotopic (exact) mass is 432 g/mol. The number of nitrogens with zero attached hydrogens (tertiary/aromatic N) is 1. The molecule has 1 N–H and O–H groups in total. The quantitative estimate of drug-likeness (QED) is 0.772. The van der Waals surface area contributed by atoms with Crippen LogP contribution in [0.2, 0.25) is 0 Å². The number of carbonyl (C=O) groups excluding carboxylic acids is 1. The van der Waals surface area contributed by atoms with Gasteiger partial charge >= 0.3 is 0 Å². The van der Waals surface area contributed by atoms with E-state index in [-0.39, 0.29) is 18.2 Å². The maximum atomic E-state index is 13.8. The Hall–Kier alpha value is -1.44. The second-order valence-electron chi connectivity index (χ2n) is 9.02. The molecule has 0 radical (unpaired) electrons. The molecule has 30 heavy (non-hydrogen) atoms. The van der Waals surface area contributed by atoms with Crippen LogP contribution in [0.25, 0.3) is 0 Å². The summed E-state index contributed by atoms with van der Waals surface area (Å²) in [5.74, 6) is 3.98. The number of rotatable bonds is 5. The summed E-state index contributed by atoms with van der Waals surface area (Å²) < 4.78 is 16.7. The van der Waals surface area contributed by atoms with Gasteiger partial charge in [0, 0.05) is 30.9 Å². The highest BCUT2D eigenvalue weighted by Crippen LogP contribution is 2.44. The minimum absolute atomic E-state index is 0.0643. The van der Waals surface area contributed by atoms with Gasteiger partial charge in [-0.2, -0.15) is 11.8 Å². The predicted octanol–water partition coefficient (Wildman–Crippen LogP) is 2.94. The Morgan fingerprint density at radius 1 is 1.07 bits per heavy atom. The second kappa shape index (κ2) is 8.60. The SMILES string of the molecule is O=C(NCC1(N2CCOCC2)CCSC1)C1(c2ccc3c(c2)OCO3)CCCCC1. The van der Waals surface area contributed by atoms with Crippen LogP contribution < -0.4 is 14.8 Å². The minimum Gasteiger partial charge on any atom is -0.454 e.